The first kappa shape index (κ1) is 19.9. The number of hydrogen-bond acceptors (Lipinski definition) is 4. The summed E-state index contributed by atoms with van der Waals surface area (Å²) in [5.74, 6) is -4.93. The van der Waals surface area contributed by atoms with Gasteiger partial charge in [-0.2, -0.15) is 0 Å². The predicted octanol–water partition coefficient (Wildman–Crippen LogP) is 2.43. The van der Waals surface area contributed by atoms with Gasteiger partial charge in [-0.15, -0.1) is 0 Å². The van der Waals surface area contributed by atoms with E-state index < -0.39 is 41.3 Å². The van der Waals surface area contributed by atoms with E-state index in [1.165, 1.54) is 6.92 Å². The Bertz CT molecular complexity index is 834. The average molecular weight is 393 g/mol. The van der Waals surface area contributed by atoms with Crippen molar-refractivity contribution in [2.75, 3.05) is 10.6 Å². The maximum atomic E-state index is 14.0. The molecular formula is C19H21F2N3O4. The Labute approximate surface area is 160 Å². The van der Waals surface area contributed by atoms with E-state index in [9.17, 15) is 28.0 Å². The van der Waals surface area contributed by atoms with E-state index in [0.717, 1.165) is 30.7 Å². The topological polar surface area (TPSA) is 95.6 Å². The fourth-order valence-corrected chi connectivity index (χ4v) is 3.85. The quantitative estimate of drug-likeness (QED) is 0.768. The van der Waals surface area contributed by atoms with Crippen molar-refractivity contribution in [2.45, 2.75) is 45.6 Å². The minimum Gasteiger partial charge on any atom is -0.324 e. The van der Waals surface area contributed by atoms with Crippen molar-refractivity contribution in [3.63, 3.8) is 0 Å². The Morgan fingerprint density at radius 2 is 1.50 bits per heavy atom. The minimum atomic E-state index is -1.14. The molecule has 150 valence electrons. The highest BCUT2D eigenvalue weighted by molar-refractivity contribution is 6.10. The molecule has 2 aliphatic rings. The third kappa shape index (κ3) is 3.61. The molecule has 1 aliphatic heterocycles. The lowest BCUT2D eigenvalue weighted by molar-refractivity contribution is -0.146. The smallest absolute Gasteiger partial charge is 0.247 e. The molecule has 0 radical (unpaired) electrons. The Morgan fingerprint density at radius 3 is 2.00 bits per heavy atom. The number of halogens is 2. The molecule has 3 unspecified atom stereocenters. The summed E-state index contributed by atoms with van der Waals surface area (Å²) in [7, 11) is 0. The highest BCUT2D eigenvalue weighted by atomic mass is 19.1. The maximum absolute atomic E-state index is 14.0. The van der Waals surface area contributed by atoms with Crippen LogP contribution in [0.15, 0.2) is 12.1 Å². The number of fused-ring (bicyclic) bond motifs is 1. The lowest BCUT2D eigenvalue weighted by Gasteiger charge is -2.22. The van der Waals surface area contributed by atoms with Crippen molar-refractivity contribution in [1.29, 1.82) is 0 Å². The number of carbonyl (C=O) groups is 4. The zero-order valence-electron chi connectivity index (χ0n) is 15.6. The Kier molecular flexibility index (Phi) is 5.44. The van der Waals surface area contributed by atoms with Crippen LogP contribution in [0.25, 0.3) is 0 Å². The normalized spacial score (nSPS) is 22.6. The first-order chi connectivity index (χ1) is 13.2. The van der Waals surface area contributed by atoms with Crippen LogP contribution in [-0.2, 0) is 19.2 Å². The molecule has 2 fully saturated rings. The summed E-state index contributed by atoms with van der Waals surface area (Å²) in [6.07, 6.45) is 2.96. The molecule has 1 saturated heterocycles. The highest BCUT2D eigenvalue weighted by Gasteiger charge is 2.50. The zero-order chi connectivity index (χ0) is 20.6. The van der Waals surface area contributed by atoms with Crippen LogP contribution in [0.2, 0.25) is 0 Å². The van der Waals surface area contributed by atoms with Gasteiger partial charge in [0.25, 0.3) is 0 Å². The Morgan fingerprint density at radius 1 is 1.00 bits per heavy atom. The van der Waals surface area contributed by atoms with Crippen molar-refractivity contribution < 1.29 is 28.0 Å². The third-order valence-electron chi connectivity index (χ3n) is 5.27. The molecular weight excluding hydrogens is 372 g/mol. The fourth-order valence-electron chi connectivity index (χ4n) is 3.85. The summed E-state index contributed by atoms with van der Waals surface area (Å²) in [6, 6.07) is 0.343. The molecule has 1 aliphatic carbocycles. The van der Waals surface area contributed by atoms with E-state index in [0.29, 0.717) is 18.9 Å². The van der Waals surface area contributed by atoms with Crippen LogP contribution in [0, 0.1) is 23.5 Å². The summed E-state index contributed by atoms with van der Waals surface area (Å²) in [5, 5.41) is 4.47. The number of hydrogen-bond donors (Lipinski definition) is 2. The van der Waals surface area contributed by atoms with Gasteiger partial charge in [0, 0.05) is 13.0 Å². The molecule has 1 aromatic carbocycles. The Balaban J connectivity index is 1.78. The maximum Gasteiger partial charge on any atom is 0.247 e. The number of rotatable bonds is 4. The van der Waals surface area contributed by atoms with E-state index in [1.807, 2.05) is 0 Å². The first-order valence-electron chi connectivity index (χ1n) is 9.15. The van der Waals surface area contributed by atoms with Crippen LogP contribution in [0.1, 0.15) is 39.5 Å². The molecule has 3 rings (SSSR count). The molecule has 1 heterocycles. The van der Waals surface area contributed by atoms with Gasteiger partial charge in [0.2, 0.25) is 23.6 Å². The van der Waals surface area contributed by atoms with Crippen LogP contribution in [-0.4, -0.2) is 34.6 Å². The standard InChI is InChI=1S/C19H21F2N3O4/c1-9(24-18(27)11-5-3-4-6-12(11)19(24)28)17(26)23-16-8-15(22-10(2)25)13(20)7-14(16)21/h7-9,11-12H,3-6H2,1-2H3,(H,22,25)(H,23,26). The van der Waals surface area contributed by atoms with Gasteiger partial charge >= 0.3 is 0 Å². The molecule has 3 atom stereocenters. The number of nitrogens with zero attached hydrogens (tertiary/aromatic N) is 1. The summed E-state index contributed by atoms with van der Waals surface area (Å²) >= 11 is 0. The van der Waals surface area contributed by atoms with Gasteiger partial charge < -0.3 is 10.6 Å². The van der Waals surface area contributed by atoms with Crippen molar-refractivity contribution in [3.05, 3.63) is 23.8 Å². The largest absolute Gasteiger partial charge is 0.324 e. The zero-order valence-corrected chi connectivity index (χ0v) is 15.6. The van der Waals surface area contributed by atoms with Gasteiger partial charge in [0.15, 0.2) is 0 Å². The van der Waals surface area contributed by atoms with Gasteiger partial charge in [0.05, 0.1) is 23.2 Å². The monoisotopic (exact) mass is 393 g/mol. The summed E-state index contributed by atoms with van der Waals surface area (Å²) in [4.78, 5) is 49.8. The highest BCUT2D eigenvalue weighted by Crippen LogP contribution is 2.39. The van der Waals surface area contributed by atoms with Gasteiger partial charge in [0.1, 0.15) is 17.7 Å². The van der Waals surface area contributed by atoms with E-state index in [1.54, 1.807) is 0 Å². The first-order valence-corrected chi connectivity index (χ1v) is 9.15. The second kappa shape index (κ2) is 7.65. The number of anilines is 2. The molecule has 0 bridgehead atoms. The van der Waals surface area contributed by atoms with Crippen LogP contribution in [0.4, 0.5) is 20.2 Å². The van der Waals surface area contributed by atoms with Gasteiger partial charge in [-0.1, -0.05) is 12.8 Å². The van der Waals surface area contributed by atoms with Crippen molar-refractivity contribution in [1.82, 2.24) is 4.90 Å². The average Bonchev–Trinajstić information content (AvgIpc) is 2.89. The molecule has 1 aromatic rings. The van der Waals surface area contributed by atoms with Crippen LogP contribution in [0.5, 0.6) is 0 Å². The van der Waals surface area contributed by atoms with Crippen LogP contribution < -0.4 is 10.6 Å². The van der Waals surface area contributed by atoms with E-state index in [4.69, 9.17) is 0 Å². The number of likely N-dealkylation sites (tertiary alicyclic amines) is 1. The number of amides is 4. The van der Waals surface area contributed by atoms with Gasteiger partial charge in [-0.3, -0.25) is 24.1 Å². The van der Waals surface area contributed by atoms with Gasteiger partial charge in [-0.05, 0) is 25.8 Å². The minimum absolute atomic E-state index is 0.295. The van der Waals surface area contributed by atoms with Crippen LogP contribution in [0.3, 0.4) is 0 Å². The SMILES string of the molecule is CC(=O)Nc1cc(NC(=O)C(C)N2C(=O)C3CCCCC3C2=O)c(F)cc1F. The second-order valence-corrected chi connectivity index (χ2v) is 7.20. The van der Waals surface area contributed by atoms with E-state index in [2.05, 4.69) is 10.6 Å². The lowest BCUT2D eigenvalue weighted by atomic mass is 9.81. The predicted molar refractivity (Wildman–Crippen MR) is 96.1 cm³/mol. The summed E-state index contributed by atoms with van der Waals surface area (Å²) in [5.41, 5.74) is -0.658. The number of benzene rings is 1. The molecule has 9 heteroatoms. The molecule has 1 saturated carbocycles. The number of nitrogens with one attached hydrogen (secondary N) is 2. The molecule has 0 aromatic heterocycles. The molecule has 7 nitrogen and oxygen atoms in total. The lowest BCUT2D eigenvalue weighted by Crippen LogP contribution is -2.46. The molecule has 4 amide bonds. The van der Waals surface area contributed by atoms with Crippen LogP contribution >= 0.6 is 0 Å². The number of carbonyl (C=O) groups excluding carboxylic acids is 4. The molecule has 0 spiro atoms. The molecule has 28 heavy (non-hydrogen) atoms. The third-order valence-corrected chi connectivity index (χ3v) is 5.27. The summed E-state index contributed by atoms with van der Waals surface area (Å²) in [6.45, 7) is 2.55. The van der Waals surface area contributed by atoms with Crippen molar-refractivity contribution >= 4 is 35.0 Å². The molecule has 2 N–H and O–H groups in total. The fraction of sp³-hybridized carbons (Fsp3) is 0.474. The second-order valence-electron chi connectivity index (χ2n) is 7.20. The Hall–Kier alpha value is -2.84. The van der Waals surface area contributed by atoms with E-state index in [-0.39, 0.29) is 23.2 Å². The van der Waals surface area contributed by atoms with Crippen molar-refractivity contribution in [2.24, 2.45) is 11.8 Å². The number of imide groups is 1. The van der Waals surface area contributed by atoms with Gasteiger partial charge in [-0.25, -0.2) is 8.78 Å². The summed E-state index contributed by atoms with van der Waals surface area (Å²) < 4.78 is 27.8. The van der Waals surface area contributed by atoms with E-state index >= 15 is 0 Å². The van der Waals surface area contributed by atoms with Crippen molar-refractivity contribution in [3.8, 4) is 0 Å².